The Hall–Kier alpha value is -2.09. The van der Waals surface area contributed by atoms with Crippen molar-refractivity contribution in [1.82, 2.24) is 9.78 Å². The summed E-state index contributed by atoms with van der Waals surface area (Å²) in [6.45, 7) is 1.73. The third-order valence-corrected chi connectivity index (χ3v) is 5.71. The molecule has 2 aromatic heterocycles. The largest absolute Gasteiger partial charge is 0.465 e. The Labute approximate surface area is 157 Å². The molecule has 1 N–H and O–H groups in total. The number of esters is 1. The van der Waals surface area contributed by atoms with Gasteiger partial charge in [0.1, 0.15) is 10.6 Å². The molecule has 0 aliphatic heterocycles. The number of aromatic nitrogens is 2. The van der Waals surface area contributed by atoms with E-state index in [1.54, 1.807) is 32.2 Å². The zero-order valence-electron chi connectivity index (χ0n) is 13.5. The second-order valence-corrected chi connectivity index (χ2v) is 7.08. The van der Waals surface area contributed by atoms with Crippen molar-refractivity contribution in [3.8, 4) is 0 Å². The molecular weight excluding hydrogens is 385 g/mol. The van der Waals surface area contributed by atoms with E-state index in [4.69, 9.17) is 27.9 Å². The topological polar surface area (TPSA) is 73.2 Å². The van der Waals surface area contributed by atoms with Gasteiger partial charge in [-0.15, -0.1) is 11.3 Å². The van der Waals surface area contributed by atoms with Gasteiger partial charge in [0.05, 0.1) is 22.8 Å². The van der Waals surface area contributed by atoms with E-state index in [2.05, 4.69) is 10.4 Å². The number of rotatable bonds is 3. The van der Waals surface area contributed by atoms with Gasteiger partial charge in [0.15, 0.2) is 0 Å². The van der Waals surface area contributed by atoms with Crippen molar-refractivity contribution in [3.63, 3.8) is 0 Å². The Morgan fingerprint density at radius 1 is 1.28 bits per heavy atom. The van der Waals surface area contributed by atoms with E-state index in [1.165, 1.54) is 23.1 Å². The van der Waals surface area contributed by atoms with Crippen LogP contribution in [0.1, 0.15) is 25.9 Å². The second-order valence-electron chi connectivity index (χ2n) is 5.27. The first-order valence-electron chi connectivity index (χ1n) is 7.14. The summed E-state index contributed by atoms with van der Waals surface area (Å²) in [5, 5.41) is 8.28. The van der Waals surface area contributed by atoms with Crippen LogP contribution in [-0.4, -0.2) is 28.8 Å². The molecule has 0 radical (unpaired) electrons. The maximum absolute atomic E-state index is 12.5. The number of ether oxygens (including phenoxy) is 1. The number of thiophene rings is 1. The van der Waals surface area contributed by atoms with Crippen LogP contribution in [0.15, 0.2) is 18.2 Å². The summed E-state index contributed by atoms with van der Waals surface area (Å²) in [6, 6.07) is 5.19. The monoisotopic (exact) mass is 397 g/mol. The first kappa shape index (κ1) is 17.7. The van der Waals surface area contributed by atoms with Crippen LogP contribution in [0.25, 0.3) is 10.1 Å². The maximum atomic E-state index is 12.5. The summed E-state index contributed by atoms with van der Waals surface area (Å²) in [6.07, 6.45) is 0. The number of benzene rings is 1. The SMILES string of the molecule is COC(=O)c1sc2cc(NC(=O)c3c(Cl)c(C)nn3C)ccc2c1Cl. The fraction of sp³-hybridized carbons (Fsp3) is 0.188. The molecule has 2 heterocycles. The predicted molar refractivity (Wildman–Crippen MR) is 99.1 cm³/mol. The second kappa shape index (κ2) is 6.67. The van der Waals surface area contributed by atoms with Crippen molar-refractivity contribution in [3.05, 3.63) is 44.5 Å². The van der Waals surface area contributed by atoms with Gasteiger partial charge >= 0.3 is 5.97 Å². The van der Waals surface area contributed by atoms with Gasteiger partial charge in [0, 0.05) is 22.8 Å². The summed E-state index contributed by atoms with van der Waals surface area (Å²) in [5.74, 6) is -0.864. The van der Waals surface area contributed by atoms with Crippen LogP contribution in [0, 0.1) is 6.92 Å². The van der Waals surface area contributed by atoms with Crippen LogP contribution >= 0.6 is 34.5 Å². The molecule has 0 saturated heterocycles. The van der Waals surface area contributed by atoms with E-state index in [0.29, 0.717) is 26.3 Å². The average Bonchev–Trinajstić information content (AvgIpc) is 3.03. The summed E-state index contributed by atoms with van der Waals surface area (Å²) in [7, 11) is 2.95. The van der Waals surface area contributed by atoms with Crippen molar-refractivity contribution in [2.75, 3.05) is 12.4 Å². The molecule has 0 unspecified atom stereocenters. The lowest BCUT2D eigenvalue weighted by Gasteiger charge is -2.06. The Kier molecular flexibility index (Phi) is 4.73. The highest BCUT2D eigenvalue weighted by atomic mass is 35.5. The van der Waals surface area contributed by atoms with Crippen molar-refractivity contribution in [1.29, 1.82) is 0 Å². The van der Waals surface area contributed by atoms with Crippen LogP contribution in [0.2, 0.25) is 10.0 Å². The number of anilines is 1. The van der Waals surface area contributed by atoms with E-state index in [0.717, 1.165) is 10.1 Å². The minimum Gasteiger partial charge on any atom is -0.465 e. The summed E-state index contributed by atoms with van der Waals surface area (Å²) in [5.41, 5.74) is 1.41. The number of hydrogen-bond donors (Lipinski definition) is 1. The zero-order valence-corrected chi connectivity index (χ0v) is 15.8. The van der Waals surface area contributed by atoms with E-state index >= 15 is 0 Å². The van der Waals surface area contributed by atoms with Gasteiger partial charge in [-0.05, 0) is 25.1 Å². The van der Waals surface area contributed by atoms with Gasteiger partial charge < -0.3 is 10.1 Å². The molecule has 0 aliphatic carbocycles. The van der Waals surface area contributed by atoms with Gasteiger partial charge in [0.2, 0.25) is 0 Å². The van der Waals surface area contributed by atoms with Gasteiger partial charge in [-0.2, -0.15) is 5.10 Å². The first-order valence-corrected chi connectivity index (χ1v) is 8.71. The number of hydrogen-bond acceptors (Lipinski definition) is 5. The molecule has 9 heteroatoms. The molecule has 130 valence electrons. The fourth-order valence-corrected chi connectivity index (χ4v) is 4.15. The van der Waals surface area contributed by atoms with Crippen molar-refractivity contribution in [2.24, 2.45) is 7.05 Å². The van der Waals surface area contributed by atoms with Gasteiger partial charge in [-0.25, -0.2) is 4.79 Å². The molecule has 3 rings (SSSR count). The third-order valence-electron chi connectivity index (χ3n) is 3.62. The van der Waals surface area contributed by atoms with E-state index in [-0.39, 0.29) is 11.6 Å². The quantitative estimate of drug-likeness (QED) is 0.668. The fourth-order valence-electron chi connectivity index (χ4n) is 2.44. The van der Waals surface area contributed by atoms with Crippen LogP contribution < -0.4 is 5.32 Å². The van der Waals surface area contributed by atoms with Gasteiger partial charge in [-0.3, -0.25) is 9.48 Å². The maximum Gasteiger partial charge on any atom is 0.349 e. The molecule has 25 heavy (non-hydrogen) atoms. The zero-order chi connectivity index (χ0) is 18.3. The lowest BCUT2D eigenvalue weighted by Crippen LogP contribution is -2.16. The number of nitrogens with one attached hydrogen (secondary N) is 1. The number of halogens is 2. The predicted octanol–water partition coefficient (Wildman–Crippen LogP) is 4.29. The van der Waals surface area contributed by atoms with Crippen LogP contribution in [0.3, 0.4) is 0 Å². The summed E-state index contributed by atoms with van der Waals surface area (Å²) < 4.78 is 6.91. The van der Waals surface area contributed by atoms with Crippen molar-refractivity contribution < 1.29 is 14.3 Å². The number of amides is 1. The highest BCUT2D eigenvalue weighted by Crippen LogP contribution is 2.37. The van der Waals surface area contributed by atoms with Gasteiger partial charge in [0.25, 0.3) is 5.91 Å². The number of aryl methyl sites for hydroxylation is 2. The Balaban J connectivity index is 1.94. The highest BCUT2D eigenvalue weighted by Gasteiger charge is 2.20. The molecule has 0 bridgehead atoms. The van der Waals surface area contributed by atoms with Crippen molar-refractivity contribution in [2.45, 2.75) is 6.92 Å². The molecule has 0 spiro atoms. The minimum atomic E-state index is -0.492. The van der Waals surface area contributed by atoms with Crippen LogP contribution in [0.5, 0.6) is 0 Å². The Bertz CT molecular complexity index is 1010. The smallest absolute Gasteiger partial charge is 0.349 e. The highest BCUT2D eigenvalue weighted by molar-refractivity contribution is 7.21. The van der Waals surface area contributed by atoms with E-state index < -0.39 is 5.97 Å². The normalized spacial score (nSPS) is 10.9. The molecule has 1 aromatic carbocycles. The van der Waals surface area contributed by atoms with Crippen LogP contribution in [0.4, 0.5) is 5.69 Å². The Morgan fingerprint density at radius 2 is 2.00 bits per heavy atom. The molecule has 0 aliphatic rings. The molecule has 0 fully saturated rings. The lowest BCUT2D eigenvalue weighted by atomic mass is 10.2. The number of methoxy groups -OCH3 is 1. The first-order chi connectivity index (χ1) is 11.8. The van der Waals surface area contributed by atoms with E-state index in [9.17, 15) is 9.59 Å². The number of carbonyl (C=O) groups excluding carboxylic acids is 2. The van der Waals surface area contributed by atoms with Crippen LogP contribution in [-0.2, 0) is 11.8 Å². The minimum absolute atomic E-state index is 0.277. The number of nitrogens with zero attached hydrogens (tertiary/aromatic N) is 2. The molecule has 3 aromatic rings. The summed E-state index contributed by atoms with van der Waals surface area (Å²) in [4.78, 5) is 24.5. The van der Waals surface area contributed by atoms with Crippen molar-refractivity contribution >= 4 is 62.2 Å². The number of fused-ring (bicyclic) bond motifs is 1. The Morgan fingerprint density at radius 3 is 2.60 bits per heavy atom. The molecule has 0 saturated carbocycles. The van der Waals surface area contributed by atoms with Gasteiger partial charge in [-0.1, -0.05) is 23.2 Å². The molecule has 6 nitrogen and oxygen atoms in total. The number of carbonyl (C=O) groups is 2. The summed E-state index contributed by atoms with van der Waals surface area (Å²) >= 11 is 13.6. The third kappa shape index (κ3) is 3.10. The standard InChI is InChI=1S/C16H13Cl2N3O3S/c1-7-11(17)13(21(2)20-7)15(22)19-8-4-5-9-10(6-8)25-14(12(9)18)16(23)24-3/h4-6H,1-3H3,(H,19,22). The average molecular weight is 398 g/mol. The molecular formula is C16H13Cl2N3O3S. The van der Waals surface area contributed by atoms with E-state index in [1.807, 2.05) is 0 Å². The molecule has 1 amide bonds. The lowest BCUT2D eigenvalue weighted by molar-refractivity contribution is 0.0606. The molecule has 0 atom stereocenters.